The molecule has 1 amide bonds. The van der Waals surface area contributed by atoms with Crippen LogP contribution in [-0.2, 0) is 15.6 Å². The summed E-state index contributed by atoms with van der Waals surface area (Å²) in [4.78, 5) is 11.7. The number of benzene rings is 1. The lowest BCUT2D eigenvalue weighted by Crippen LogP contribution is -2.24. The molecule has 0 saturated carbocycles. The van der Waals surface area contributed by atoms with Gasteiger partial charge in [0, 0.05) is 17.6 Å². The van der Waals surface area contributed by atoms with Crippen LogP contribution < -0.4 is 11.1 Å². The molecule has 0 fully saturated rings. The number of nitrogen functional groups attached to an aromatic ring is 1. The molecule has 0 aliphatic heterocycles. The summed E-state index contributed by atoms with van der Waals surface area (Å²) >= 11 is 0. The van der Waals surface area contributed by atoms with Crippen LogP contribution in [0.2, 0.25) is 0 Å². The lowest BCUT2D eigenvalue weighted by Gasteiger charge is -2.05. The zero-order valence-corrected chi connectivity index (χ0v) is 9.56. The lowest BCUT2D eigenvalue weighted by molar-refractivity contribution is -0.118. The third kappa shape index (κ3) is 3.06. The largest absolute Gasteiger partial charge is 0.399 e. The Hall–Kier alpha value is -1.36. The molecule has 1 rings (SSSR count). The second-order valence-electron chi connectivity index (χ2n) is 3.19. The zero-order valence-electron chi connectivity index (χ0n) is 8.74. The molecule has 0 bridgehead atoms. The number of hydrogen-bond acceptors (Lipinski definition) is 3. The number of aryl methyl sites for hydroxylation is 1. The number of nitrogens with two attached hydrogens (primary N) is 1. The number of rotatable bonds is 3. The van der Waals surface area contributed by atoms with Crippen molar-refractivity contribution in [2.24, 2.45) is 0 Å². The average molecular weight is 226 g/mol. The van der Waals surface area contributed by atoms with Crippen molar-refractivity contribution in [1.82, 2.24) is 5.32 Å². The van der Waals surface area contributed by atoms with E-state index in [0.29, 0.717) is 10.6 Å². The summed E-state index contributed by atoms with van der Waals surface area (Å²) in [6, 6.07) is 5.13. The summed E-state index contributed by atoms with van der Waals surface area (Å²) in [5.41, 5.74) is 7.05. The Morgan fingerprint density at radius 1 is 1.53 bits per heavy atom. The minimum absolute atomic E-state index is 0.0126. The van der Waals surface area contributed by atoms with Crippen LogP contribution in [0.3, 0.4) is 0 Å². The Morgan fingerprint density at radius 2 is 2.20 bits per heavy atom. The first-order valence-electron chi connectivity index (χ1n) is 4.49. The maximum atomic E-state index is 11.8. The van der Waals surface area contributed by atoms with E-state index in [-0.39, 0.29) is 11.7 Å². The molecular weight excluding hydrogens is 212 g/mol. The van der Waals surface area contributed by atoms with Crippen LogP contribution in [0, 0.1) is 6.92 Å². The molecule has 15 heavy (non-hydrogen) atoms. The van der Waals surface area contributed by atoms with E-state index in [2.05, 4.69) is 5.32 Å². The second-order valence-corrected chi connectivity index (χ2v) is 4.61. The van der Waals surface area contributed by atoms with E-state index < -0.39 is 10.8 Å². The molecule has 0 aliphatic rings. The smallest absolute Gasteiger partial charge is 0.232 e. The van der Waals surface area contributed by atoms with Crippen LogP contribution in [0.4, 0.5) is 5.69 Å². The summed E-state index contributed by atoms with van der Waals surface area (Å²) in [5.74, 6) is -0.245. The van der Waals surface area contributed by atoms with Crippen molar-refractivity contribution in [1.29, 1.82) is 0 Å². The molecule has 1 atom stereocenters. The van der Waals surface area contributed by atoms with Crippen molar-refractivity contribution in [3.8, 4) is 0 Å². The maximum Gasteiger partial charge on any atom is 0.232 e. The van der Waals surface area contributed by atoms with Gasteiger partial charge in [-0.05, 0) is 30.7 Å². The fourth-order valence-corrected chi connectivity index (χ4v) is 2.37. The van der Waals surface area contributed by atoms with Gasteiger partial charge in [0.05, 0.1) is 10.8 Å². The summed E-state index contributed by atoms with van der Waals surface area (Å²) < 4.78 is 11.8. The minimum atomic E-state index is -1.30. The monoisotopic (exact) mass is 226 g/mol. The van der Waals surface area contributed by atoms with Gasteiger partial charge in [0.15, 0.2) is 0 Å². The fourth-order valence-electron chi connectivity index (χ4n) is 1.20. The van der Waals surface area contributed by atoms with E-state index in [1.807, 2.05) is 6.92 Å². The lowest BCUT2D eigenvalue weighted by atomic mass is 10.2. The van der Waals surface area contributed by atoms with Gasteiger partial charge in [-0.1, -0.05) is 0 Å². The molecule has 4 nitrogen and oxygen atoms in total. The number of hydrogen-bond donors (Lipinski definition) is 2. The van der Waals surface area contributed by atoms with Crippen LogP contribution in [0.5, 0.6) is 0 Å². The van der Waals surface area contributed by atoms with Crippen LogP contribution in [-0.4, -0.2) is 22.9 Å². The molecule has 5 heteroatoms. The highest BCUT2D eigenvalue weighted by Gasteiger charge is 2.11. The molecule has 3 N–H and O–H groups in total. The summed E-state index contributed by atoms with van der Waals surface area (Å²) in [5, 5.41) is 2.44. The molecule has 0 aliphatic carbocycles. The van der Waals surface area contributed by atoms with Crippen LogP contribution in [0.25, 0.3) is 0 Å². The molecule has 0 aromatic heterocycles. The molecule has 0 radical (unpaired) electrons. The number of anilines is 1. The van der Waals surface area contributed by atoms with Gasteiger partial charge in [-0.15, -0.1) is 0 Å². The van der Waals surface area contributed by atoms with Gasteiger partial charge in [-0.25, -0.2) is 0 Å². The van der Waals surface area contributed by atoms with E-state index in [1.165, 1.54) is 7.05 Å². The number of carbonyl (C=O) groups is 1. The zero-order chi connectivity index (χ0) is 11.4. The van der Waals surface area contributed by atoms with Gasteiger partial charge in [-0.3, -0.25) is 9.00 Å². The number of carbonyl (C=O) groups excluding carboxylic acids is 1. The van der Waals surface area contributed by atoms with Gasteiger partial charge >= 0.3 is 0 Å². The highest BCUT2D eigenvalue weighted by atomic mass is 32.2. The van der Waals surface area contributed by atoms with E-state index in [1.54, 1.807) is 18.2 Å². The van der Waals surface area contributed by atoms with Crippen molar-refractivity contribution < 1.29 is 9.00 Å². The highest BCUT2D eigenvalue weighted by molar-refractivity contribution is 7.85. The average Bonchev–Trinajstić information content (AvgIpc) is 2.17. The summed E-state index contributed by atoms with van der Waals surface area (Å²) in [6.07, 6.45) is 0. The van der Waals surface area contributed by atoms with Gasteiger partial charge in [0.1, 0.15) is 5.75 Å². The molecular formula is C10H14N2O2S. The minimum Gasteiger partial charge on any atom is -0.399 e. The normalized spacial score (nSPS) is 12.1. The van der Waals surface area contributed by atoms with E-state index >= 15 is 0 Å². The molecule has 1 aromatic carbocycles. The third-order valence-corrected chi connectivity index (χ3v) is 3.46. The quantitative estimate of drug-likeness (QED) is 0.734. The molecule has 82 valence electrons. The van der Waals surface area contributed by atoms with Crippen molar-refractivity contribution in [2.45, 2.75) is 11.8 Å². The predicted molar refractivity (Wildman–Crippen MR) is 60.9 cm³/mol. The van der Waals surface area contributed by atoms with Crippen LogP contribution in [0.15, 0.2) is 23.1 Å². The van der Waals surface area contributed by atoms with Gasteiger partial charge in [0.25, 0.3) is 0 Å². The Morgan fingerprint density at radius 3 is 2.73 bits per heavy atom. The molecule has 1 unspecified atom stereocenters. The van der Waals surface area contributed by atoms with E-state index in [4.69, 9.17) is 5.73 Å². The number of amides is 1. The van der Waals surface area contributed by atoms with Crippen LogP contribution >= 0.6 is 0 Å². The summed E-state index contributed by atoms with van der Waals surface area (Å²) in [7, 11) is 0.222. The first kappa shape index (κ1) is 11.7. The highest BCUT2D eigenvalue weighted by Crippen LogP contribution is 2.16. The molecule has 0 spiro atoms. The Labute approximate surface area is 91.3 Å². The van der Waals surface area contributed by atoms with Crippen LogP contribution in [0.1, 0.15) is 5.56 Å². The van der Waals surface area contributed by atoms with Crippen molar-refractivity contribution in [2.75, 3.05) is 18.5 Å². The SMILES string of the molecule is CNC(=O)CS(=O)c1ccc(N)cc1C. The maximum absolute atomic E-state index is 11.8. The standard InChI is InChI=1S/C10H14N2O2S/c1-7-5-8(11)3-4-9(7)15(14)6-10(13)12-2/h3-5H,6,11H2,1-2H3,(H,12,13). The fraction of sp³-hybridized carbons (Fsp3) is 0.300. The summed E-state index contributed by atoms with van der Waals surface area (Å²) in [6.45, 7) is 1.83. The Kier molecular flexibility index (Phi) is 3.85. The second kappa shape index (κ2) is 4.93. The van der Waals surface area contributed by atoms with Gasteiger partial charge in [-0.2, -0.15) is 0 Å². The van der Waals surface area contributed by atoms with Crippen molar-refractivity contribution in [3.05, 3.63) is 23.8 Å². The Balaban J connectivity index is 2.87. The third-order valence-electron chi connectivity index (χ3n) is 1.99. The topological polar surface area (TPSA) is 72.2 Å². The molecule has 0 heterocycles. The Bertz CT molecular complexity index is 404. The van der Waals surface area contributed by atoms with Gasteiger partial charge in [0.2, 0.25) is 5.91 Å². The van der Waals surface area contributed by atoms with E-state index in [9.17, 15) is 9.00 Å². The van der Waals surface area contributed by atoms with E-state index in [0.717, 1.165) is 5.56 Å². The molecule has 1 aromatic rings. The first-order chi connectivity index (χ1) is 7.04. The predicted octanol–water partition coefficient (Wildman–Crippen LogP) is 0.431. The number of nitrogens with one attached hydrogen (secondary N) is 1. The van der Waals surface area contributed by atoms with Crippen molar-refractivity contribution >= 4 is 22.4 Å². The van der Waals surface area contributed by atoms with Crippen molar-refractivity contribution in [3.63, 3.8) is 0 Å². The first-order valence-corrected chi connectivity index (χ1v) is 5.81. The molecule has 0 saturated heterocycles. The van der Waals surface area contributed by atoms with Gasteiger partial charge < -0.3 is 11.1 Å².